The van der Waals surface area contributed by atoms with Crippen molar-refractivity contribution >= 4 is 16.8 Å². The van der Waals surface area contributed by atoms with Crippen LogP contribution >= 0.6 is 0 Å². The Balaban J connectivity index is 1.48. The minimum Gasteiger partial charge on any atom is -0.495 e. The van der Waals surface area contributed by atoms with Crippen molar-refractivity contribution in [3.8, 4) is 11.4 Å². The molecule has 0 aliphatic rings. The van der Waals surface area contributed by atoms with Gasteiger partial charge in [-0.3, -0.25) is 4.79 Å². The van der Waals surface area contributed by atoms with E-state index in [0.717, 1.165) is 16.8 Å². The summed E-state index contributed by atoms with van der Waals surface area (Å²) in [5, 5.41) is 3.52. The molecule has 0 spiro atoms. The zero-order valence-electron chi connectivity index (χ0n) is 18.2. The van der Waals surface area contributed by atoms with Crippen LogP contribution in [0.3, 0.4) is 0 Å². The second kappa shape index (κ2) is 9.01. The number of methoxy groups -OCH3 is 1. The molecule has 0 fully saturated rings. The van der Waals surface area contributed by atoms with E-state index in [1.807, 2.05) is 13.1 Å². The average Bonchev–Trinajstić information content (AvgIpc) is 3.36. The molecular formula is C24H23F3N4O2. The van der Waals surface area contributed by atoms with Crippen molar-refractivity contribution in [1.29, 1.82) is 0 Å². The topological polar surface area (TPSA) is 61.1 Å². The maximum atomic E-state index is 13.1. The van der Waals surface area contributed by atoms with Crippen molar-refractivity contribution in [2.45, 2.75) is 26.1 Å². The largest absolute Gasteiger partial charge is 0.495 e. The number of hydrogen-bond donors (Lipinski definition) is 1. The van der Waals surface area contributed by atoms with Crippen LogP contribution in [0.1, 0.15) is 21.7 Å². The van der Waals surface area contributed by atoms with Crippen molar-refractivity contribution in [3.63, 3.8) is 0 Å². The van der Waals surface area contributed by atoms with Gasteiger partial charge in [0.1, 0.15) is 12.3 Å². The molecule has 0 bridgehead atoms. The van der Waals surface area contributed by atoms with E-state index in [9.17, 15) is 18.0 Å². The van der Waals surface area contributed by atoms with Crippen LogP contribution in [0.5, 0.6) is 5.75 Å². The van der Waals surface area contributed by atoms with E-state index in [4.69, 9.17) is 4.74 Å². The molecule has 33 heavy (non-hydrogen) atoms. The summed E-state index contributed by atoms with van der Waals surface area (Å²) in [4.78, 5) is 16.9. The zero-order chi connectivity index (χ0) is 23.6. The molecule has 0 saturated heterocycles. The van der Waals surface area contributed by atoms with E-state index >= 15 is 0 Å². The van der Waals surface area contributed by atoms with Gasteiger partial charge in [-0.25, -0.2) is 4.98 Å². The summed E-state index contributed by atoms with van der Waals surface area (Å²) in [5.74, 6) is 0.172. The number of nitrogens with one attached hydrogen (secondary N) is 1. The number of para-hydroxylation sites is 1. The minimum absolute atomic E-state index is 0.192. The van der Waals surface area contributed by atoms with Gasteiger partial charge in [-0.15, -0.1) is 0 Å². The third-order valence-corrected chi connectivity index (χ3v) is 5.33. The standard InChI is InChI=1S/C24H23F3N4O2/c1-16-13-30(15-29-16)21-8-7-18(12-22(21)33-2)23(32)28-10-9-19-11-17-5-3-4-6-20(17)31(19)14-24(25,26)27/h3-8,11-13,15H,9-10,14H2,1-2H3,(H,28,32). The number of carbonyl (C=O) groups is 1. The van der Waals surface area contributed by atoms with Crippen LogP contribution in [0.25, 0.3) is 16.6 Å². The van der Waals surface area contributed by atoms with Crippen LogP contribution in [-0.2, 0) is 13.0 Å². The van der Waals surface area contributed by atoms with Crippen LogP contribution in [0.15, 0.2) is 61.1 Å². The van der Waals surface area contributed by atoms with Gasteiger partial charge in [0.05, 0.1) is 24.8 Å². The van der Waals surface area contributed by atoms with Crippen molar-refractivity contribution in [3.05, 3.63) is 78.0 Å². The lowest BCUT2D eigenvalue weighted by Crippen LogP contribution is -2.27. The molecule has 2 aromatic carbocycles. The number of rotatable bonds is 7. The Morgan fingerprint density at radius 3 is 2.64 bits per heavy atom. The molecule has 2 heterocycles. The van der Waals surface area contributed by atoms with Crippen molar-refractivity contribution in [2.24, 2.45) is 0 Å². The first kappa shape index (κ1) is 22.4. The molecule has 0 unspecified atom stereocenters. The predicted molar refractivity (Wildman–Crippen MR) is 119 cm³/mol. The lowest BCUT2D eigenvalue weighted by molar-refractivity contribution is -0.140. The molecule has 1 amide bonds. The van der Waals surface area contributed by atoms with Crippen LogP contribution in [0.2, 0.25) is 0 Å². The molecule has 172 valence electrons. The summed E-state index contributed by atoms with van der Waals surface area (Å²) in [6.45, 7) is 0.993. The lowest BCUT2D eigenvalue weighted by atomic mass is 10.1. The fraction of sp³-hybridized carbons (Fsp3) is 0.250. The van der Waals surface area contributed by atoms with Crippen molar-refractivity contribution in [1.82, 2.24) is 19.4 Å². The highest BCUT2D eigenvalue weighted by Crippen LogP contribution is 2.26. The summed E-state index contributed by atoms with van der Waals surface area (Å²) in [6, 6.07) is 13.7. The number of ether oxygens (including phenoxy) is 1. The average molecular weight is 456 g/mol. The molecule has 0 radical (unpaired) electrons. The summed E-state index contributed by atoms with van der Waals surface area (Å²) < 4.78 is 47.8. The zero-order valence-corrected chi connectivity index (χ0v) is 18.2. The van der Waals surface area contributed by atoms with Crippen LogP contribution < -0.4 is 10.1 Å². The Morgan fingerprint density at radius 1 is 1.15 bits per heavy atom. The second-order valence-corrected chi connectivity index (χ2v) is 7.71. The van der Waals surface area contributed by atoms with Gasteiger partial charge in [-0.2, -0.15) is 13.2 Å². The highest BCUT2D eigenvalue weighted by Gasteiger charge is 2.29. The molecule has 0 aliphatic carbocycles. The number of hydrogen-bond acceptors (Lipinski definition) is 3. The number of nitrogens with zero attached hydrogens (tertiary/aromatic N) is 3. The Hall–Kier alpha value is -3.75. The van der Waals surface area contributed by atoms with Gasteiger partial charge in [0.2, 0.25) is 0 Å². The normalized spacial score (nSPS) is 11.7. The Labute approximate surface area is 188 Å². The highest BCUT2D eigenvalue weighted by atomic mass is 19.4. The fourth-order valence-corrected chi connectivity index (χ4v) is 3.83. The molecule has 0 aliphatic heterocycles. The van der Waals surface area contributed by atoms with Gasteiger partial charge < -0.3 is 19.2 Å². The number of halogens is 3. The molecular weight excluding hydrogens is 433 g/mol. The minimum atomic E-state index is -4.34. The Kier molecular flexibility index (Phi) is 6.13. The number of aromatic nitrogens is 3. The Bertz CT molecular complexity index is 1290. The highest BCUT2D eigenvalue weighted by molar-refractivity contribution is 5.95. The first-order valence-corrected chi connectivity index (χ1v) is 10.4. The molecule has 1 N–H and O–H groups in total. The third kappa shape index (κ3) is 5.02. The van der Waals surface area contributed by atoms with Gasteiger partial charge in [0, 0.05) is 35.9 Å². The number of aryl methyl sites for hydroxylation is 1. The maximum Gasteiger partial charge on any atom is 0.406 e. The second-order valence-electron chi connectivity index (χ2n) is 7.71. The van der Waals surface area contributed by atoms with E-state index in [0.29, 0.717) is 22.5 Å². The molecule has 9 heteroatoms. The van der Waals surface area contributed by atoms with Crippen LogP contribution in [0.4, 0.5) is 13.2 Å². The first-order valence-electron chi connectivity index (χ1n) is 10.4. The smallest absolute Gasteiger partial charge is 0.406 e. The Morgan fingerprint density at radius 2 is 1.94 bits per heavy atom. The van der Waals surface area contributed by atoms with E-state index in [1.54, 1.807) is 59.4 Å². The summed E-state index contributed by atoms with van der Waals surface area (Å²) in [6.07, 6.45) is -0.573. The van der Waals surface area contributed by atoms with Gasteiger partial charge in [-0.1, -0.05) is 18.2 Å². The van der Waals surface area contributed by atoms with Gasteiger partial charge in [0.15, 0.2) is 0 Å². The van der Waals surface area contributed by atoms with Gasteiger partial charge >= 0.3 is 6.18 Å². The third-order valence-electron chi connectivity index (χ3n) is 5.33. The maximum absolute atomic E-state index is 13.1. The van der Waals surface area contributed by atoms with E-state index < -0.39 is 12.7 Å². The molecule has 0 atom stereocenters. The number of alkyl halides is 3. The van der Waals surface area contributed by atoms with Gasteiger partial charge in [0.25, 0.3) is 5.91 Å². The molecule has 4 rings (SSSR count). The lowest BCUT2D eigenvalue weighted by Gasteiger charge is -2.14. The van der Waals surface area contributed by atoms with E-state index in [1.165, 1.54) is 11.7 Å². The number of carbonyl (C=O) groups excluding carboxylic acids is 1. The number of benzene rings is 2. The number of imidazole rings is 1. The molecule has 4 aromatic rings. The van der Waals surface area contributed by atoms with Crippen molar-refractivity contribution < 1.29 is 22.7 Å². The van der Waals surface area contributed by atoms with Crippen LogP contribution in [-0.4, -0.2) is 39.9 Å². The summed E-state index contributed by atoms with van der Waals surface area (Å²) in [5.41, 5.74) is 3.01. The quantitative estimate of drug-likeness (QED) is 0.439. The SMILES string of the molecule is COc1cc(C(=O)NCCc2cc3ccccc3n2CC(F)(F)F)ccc1-n1cnc(C)c1. The molecule has 0 saturated carbocycles. The molecule has 2 aromatic heterocycles. The van der Waals surface area contributed by atoms with Crippen LogP contribution in [0, 0.1) is 6.92 Å². The monoisotopic (exact) mass is 456 g/mol. The number of amides is 1. The predicted octanol–water partition coefficient (Wildman–Crippen LogP) is 4.68. The number of fused-ring (bicyclic) bond motifs is 1. The van der Waals surface area contributed by atoms with Crippen molar-refractivity contribution in [2.75, 3.05) is 13.7 Å². The van der Waals surface area contributed by atoms with Gasteiger partial charge in [-0.05, 0) is 42.6 Å². The summed E-state index contributed by atoms with van der Waals surface area (Å²) >= 11 is 0. The van der Waals surface area contributed by atoms with E-state index in [-0.39, 0.29) is 18.9 Å². The summed E-state index contributed by atoms with van der Waals surface area (Å²) in [7, 11) is 1.52. The fourth-order valence-electron chi connectivity index (χ4n) is 3.83. The molecule has 6 nitrogen and oxygen atoms in total. The first-order chi connectivity index (χ1) is 15.7. The van der Waals surface area contributed by atoms with E-state index in [2.05, 4.69) is 10.3 Å².